The smallest absolute Gasteiger partial charge is 0.273 e. The number of hydrogen-bond acceptors (Lipinski definition) is 4. The average Bonchev–Trinajstić information content (AvgIpc) is 3.52. The predicted octanol–water partition coefficient (Wildman–Crippen LogP) is 6.43. The Bertz CT molecular complexity index is 1430. The summed E-state index contributed by atoms with van der Waals surface area (Å²) in [6, 6.07) is 25.9. The highest BCUT2D eigenvalue weighted by Crippen LogP contribution is 2.26. The van der Waals surface area contributed by atoms with Crippen LogP contribution in [0.1, 0.15) is 16.1 Å². The molecule has 0 aliphatic heterocycles. The molecule has 0 spiro atoms. The summed E-state index contributed by atoms with van der Waals surface area (Å²) in [5, 5.41) is 12.8. The van der Waals surface area contributed by atoms with Crippen LogP contribution in [0.4, 0.5) is 0 Å². The first-order chi connectivity index (χ1) is 16.6. The maximum Gasteiger partial charge on any atom is 0.273 e. The fraction of sp³-hybridized carbons (Fsp3) is 0.0385. The Morgan fingerprint density at radius 3 is 2.21 bits per heavy atom. The molecule has 0 unspecified atom stereocenters. The van der Waals surface area contributed by atoms with Crippen LogP contribution in [0, 0.1) is 0 Å². The van der Waals surface area contributed by atoms with Gasteiger partial charge in [0, 0.05) is 45.5 Å². The summed E-state index contributed by atoms with van der Waals surface area (Å²) in [6.45, 7) is 0.257. The molecule has 34 heavy (non-hydrogen) atoms. The van der Waals surface area contributed by atoms with Gasteiger partial charge in [-0.25, -0.2) is 4.68 Å². The van der Waals surface area contributed by atoms with Crippen LogP contribution >= 0.6 is 23.2 Å². The van der Waals surface area contributed by atoms with E-state index in [1.54, 1.807) is 35.0 Å². The fourth-order valence-corrected chi connectivity index (χ4v) is 3.75. The lowest BCUT2D eigenvalue weighted by molar-refractivity contribution is 0.0942. The molecule has 2 heterocycles. The first kappa shape index (κ1) is 21.9. The molecule has 0 aliphatic rings. The third kappa shape index (κ3) is 4.73. The molecular formula is C26H18Cl2N4O2. The number of para-hydroxylation sites is 1. The summed E-state index contributed by atoms with van der Waals surface area (Å²) in [6.07, 6.45) is 1.90. The molecule has 0 bridgehead atoms. The van der Waals surface area contributed by atoms with E-state index in [2.05, 4.69) is 10.5 Å². The molecule has 3 aromatic carbocycles. The summed E-state index contributed by atoms with van der Waals surface area (Å²) in [4.78, 5) is 12.8. The van der Waals surface area contributed by atoms with Gasteiger partial charge >= 0.3 is 0 Å². The molecule has 168 valence electrons. The maximum atomic E-state index is 12.8. The van der Waals surface area contributed by atoms with Crippen LogP contribution in [0.5, 0.6) is 0 Å². The van der Waals surface area contributed by atoms with Crippen molar-refractivity contribution < 1.29 is 9.32 Å². The molecule has 0 saturated carbocycles. The van der Waals surface area contributed by atoms with Crippen LogP contribution in [0.3, 0.4) is 0 Å². The Kier molecular flexibility index (Phi) is 6.16. The quantitative estimate of drug-likeness (QED) is 0.298. The van der Waals surface area contributed by atoms with Crippen LogP contribution in [0.25, 0.3) is 28.3 Å². The predicted molar refractivity (Wildman–Crippen MR) is 132 cm³/mol. The number of amides is 1. The van der Waals surface area contributed by atoms with Crippen molar-refractivity contribution in [3.63, 3.8) is 0 Å². The van der Waals surface area contributed by atoms with Gasteiger partial charge in [-0.2, -0.15) is 5.10 Å². The Labute approximate surface area is 205 Å². The van der Waals surface area contributed by atoms with Crippen LogP contribution in [0.15, 0.2) is 95.6 Å². The van der Waals surface area contributed by atoms with Crippen molar-refractivity contribution in [3.8, 4) is 28.3 Å². The van der Waals surface area contributed by atoms with Crippen LogP contribution in [-0.2, 0) is 6.54 Å². The highest BCUT2D eigenvalue weighted by Gasteiger charge is 2.17. The number of aromatic nitrogens is 3. The van der Waals surface area contributed by atoms with Gasteiger partial charge in [-0.3, -0.25) is 4.79 Å². The van der Waals surface area contributed by atoms with Crippen molar-refractivity contribution in [3.05, 3.63) is 112 Å². The lowest BCUT2D eigenvalue weighted by Crippen LogP contribution is -2.23. The molecule has 0 saturated heterocycles. The zero-order valence-electron chi connectivity index (χ0n) is 17.8. The summed E-state index contributed by atoms with van der Waals surface area (Å²) in [5.41, 5.74) is 4.39. The number of halogens is 2. The van der Waals surface area contributed by atoms with Crippen LogP contribution in [0.2, 0.25) is 10.0 Å². The molecule has 0 aliphatic carbocycles. The number of benzene rings is 3. The van der Waals surface area contributed by atoms with Gasteiger partial charge in [-0.15, -0.1) is 0 Å². The summed E-state index contributed by atoms with van der Waals surface area (Å²) < 4.78 is 7.14. The number of hydrogen-bond donors (Lipinski definition) is 1. The van der Waals surface area contributed by atoms with E-state index < -0.39 is 0 Å². The van der Waals surface area contributed by atoms with Crippen molar-refractivity contribution in [2.45, 2.75) is 6.54 Å². The minimum absolute atomic E-state index is 0.188. The zero-order valence-corrected chi connectivity index (χ0v) is 19.3. The van der Waals surface area contributed by atoms with Gasteiger partial charge in [0.2, 0.25) is 0 Å². The lowest BCUT2D eigenvalue weighted by Gasteiger charge is -2.04. The molecule has 0 fully saturated rings. The zero-order chi connectivity index (χ0) is 23.5. The number of rotatable bonds is 6. The van der Waals surface area contributed by atoms with E-state index in [9.17, 15) is 4.79 Å². The monoisotopic (exact) mass is 488 g/mol. The number of carbonyl (C=O) groups is 1. The van der Waals surface area contributed by atoms with Gasteiger partial charge in [-0.05, 0) is 48.5 Å². The summed E-state index contributed by atoms with van der Waals surface area (Å²) in [5.74, 6) is 0.138. The van der Waals surface area contributed by atoms with E-state index in [0.717, 1.165) is 28.1 Å². The fourth-order valence-electron chi connectivity index (χ4n) is 3.50. The van der Waals surface area contributed by atoms with Crippen molar-refractivity contribution in [2.75, 3.05) is 0 Å². The van der Waals surface area contributed by atoms with Crippen molar-refractivity contribution in [2.24, 2.45) is 0 Å². The second-order valence-electron chi connectivity index (χ2n) is 7.56. The topological polar surface area (TPSA) is 73.0 Å². The van der Waals surface area contributed by atoms with E-state index in [1.807, 2.05) is 60.8 Å². The molecule has 8 heteroatoms. The average molecular weight is 489 g/mol. The number of nitrogens with one attached hydrogen (secondary N) is 1. The summed E-state index contributed by atoms with van der Waals surface area (Å²) in [7, 11) is 0. The van der Waals surface area contributed by atoms with Gasteiger partial charge in [0.25, 0.3) is 5.91 Å². The first-order valence-electron chi connectivity index (χ1n) is 10.5. The SMILES string of the molecule is O=C(NCc1cn(-c2ccccc2)nc1-c1ccc(Cl)cc1)c1cc(-c2ccc(Cl)cc2)on1. The molecule has 2 aromatic heterocycles. The van der Waals surface area contributed by atoms with Crippen molar-refractivity contribution in [1.29, 1.82) is 0 Å². The van der Waals surface area contributed by atoms with Crippen LogP contribution < -0.4 is 5.32 Å². The first-order valence-corrected chi connectivity index (χ1v) is 11.2. The van der Waals surface area contributed by atoms with E-state index in [-0.39, 0.29) is 18.1 Å². The molecule has 5 rings (SSSR count). The normalized spacial score (nSPS) is 10.9. The van der Waals surface area contributed by atoms with Gasteiger partial charge in [0.05, 0.1) is 11.4 Å². The molecule has 1 amide bonds. The Morgan fingerprint density at radius 1 is 0.882 bits per heavy atom. The minimum Gasteiger partial charge on any atom is -0.355 e. The van der Waals surface area contributed by atoms with E-state index in [1.165, 1.54) is 0 Å². The van der Waals surface area contributed by atoms with Gasteiger partial charge < -0.3 is 9.84 Å². The van der Waals surface area contributed by atoms with E-state index >= 15 is 0 Å². The highest BCUT2D eigenvalue weighted by atomic mass is 35.5. The molecule has 5 aromatic rings. The highest BCUT2D eigenvalue weighted by molar-refractivity contribution is 6.30. The maximum absolute atomic E-state index is 12.8. The van der Waals surface area contributed by atoms with Gasteiger partial charge in [0.15, 0.2) is 11.5 Å². The van der Waals surface area contributed by atoms with Crippen LogP contribution in [-0.4, -0.2) is 20.8 Å². The summed E-state index contributed by atoms with van der Waals surface area (Å²) >= 11 is 12.0. The van der Waals surface area contributed by atoms with Gasteiger partial charge in [-0.1, -0.05) is 58.7 Å². The second-order valence-corrected chi connectivity index (χ2v) is 8.43. The van der Waals surface area contributed by atoms with Crippen molar-refractivity contribution >= 4 is 29.1 Å². The van der Waals surface area contributed by atoms with Crippen molar-refractivity contribution in [1.82, 2.24) is 20.3 Å². The Balaban J connectivity index is 1.38. The Morgan fingerprint density at radius 2 is 1.53 bits per heavy atom. The number of nitrogens with zero attached hydrogens (tertiary/aromatic N) is 3. The second kappa shape index (κ2) is 9.55. The minimum atomic E-state index is -0.349. The lowest BCUT2D eigenvalue weighted by atomic mass is 10.1. The van der Waals surface area contributed by atoms with E-state index in [0.29, 0.717) is 15.8 Å². The third-order valence-electron chi connectivity index (χ3n) is 5.24. The molecule has 6 nitrogen and oxygen atoms in total. The largest absolute Gasteiger partial charge is 0.355 e. The standard InChI is InChI=1S/C26H18Cl2N4O2/c27-20-10-6-17(7-11-20)24-14-23(31-34-24)26(33)29-15-19-16-32(22-4-2-1-3-5-22)30-25(19)18-8-12-21(28)13-9-18/h1-14,16H,15H2,(H,29,33). The van der Waals surface area contributed by atoms with Gasteiger partial charge in [0.1, 0.15) is 0 Å². The van der Waals surface area contributed by atoms with E-state index in [4.69, 9.17) is 32.8 Å². The Hall–Kier alpha value is -3.87. The third-order valence-corrected chi connectivity index (χ3v) is 5.74. The molecule has 1 N–H and O–H groups in total. The number of carbonyl (C=O) groups excluding carboxylic acids is 1. The molecular weight excluding hydrogens is 471 g/mol. The molecule has 0 atom stereocenters. The molecule has 0 radical (unpaired) electrons.